The normalized spacial score (nSPS) is 10.1. The van der Waals surface area contributed by atoms with Crippen LogP contribution >= 0.6 is 12.2 Å². The highest BCUT2D eigenvalue weighted by Crippen LogP contribution is 2.18. The highest BCUT2D eigenvalue weighted by Gasteiger charge is 2.10. The highest BCUT2D eigenvalue weighted by atomic mass is 32.1. The smallest absolute Gasteiger partial charge is 0.261 e. The number of aromatic nitrogens is 1. The summed E-state index contributed by atoms with van der Waals surface area (Å²) in [5.41, 5.74) is 0.544. The van der Waals surface area contributed by atoms with Crippen molar-refractivity contribution in [1.29, 1.82) is 0 Å². The van der Waals surface area contributed by atoms with Gasteiger partial charge in [0.2, 0.25) is 0 Å². The SMILES string of the molecule is Fc1cccc(F)c1NC(=S)OCCc1ccccn1. The number of para-hydroxylation sites is 1. The van der Waals surface area contributed by atoms with Crippen LogP contribution in [0.15, 0.2) is 42.6 Å². The van der Waals surface area contributed by atoms with Gasteiger partial charge in [0, 0.05) is 18.3 Å². The molecule has 2 aromatic rings. The second kappa shape index (κ2) is 6.91. The fraction of sp³-hybridized carbons (Fsp3) is 0.143. The molecule has 0 aliphatic carbocycles. The maximum absolute atomic E-state index is 13.4. The van der Waals surface area contributed by atoms with E-state index in [2.05, 4.69) is 10.3 Å². The van der Waals surface area contributed by atoms with Gasteiger partial charge in [-0.05, 0) is 36.5 Å². The van der Waals surface area contributed by atoms with Gasteiger partial charge in [0.25, 0.3) is 5.17 Å². The summed E-state index contributed by atoms with van der Waals surface area (Å²) in [6.07, 6.45) is 2.24. The molecule has 0 atom stereocenters. The van der Waals surface area contributed by atoms with E-state index in [0.717, 1.165) is 17.8 Å². The number of ether oxygens (including phenoxy) is 1. The molecule has 104 valence electrons. The molecule has 1 N–H and O–H groups in total. The molecule has 1 heterocycles. The molecule has 1 aromatic carbocycles. The van der Waals surface area contributed by atoms with E-state index < -0.39 is 11.6 Å². The molecule has 0 bridgehead atoms. The molecule has 0 fully saturated rings. The van der Waals surface area contributed by atoms with Crippen LogP contribution in [0.4, 0.5) is 14.5 Å². The number of nitrogens with zero attached hydrogens (tertiary/aromatic N) is 1. The van der Waals surface area contributed by atoms with Crippen molar-refractivity contribution in [2.24, 2.45) is 0 Å². The van der Waals surface area contributed by atoms with Gasteiger partial charge < -0.3 is 10.1 Å². The Morgan fingerprint density at radius 3 is 2.55 bits per heavy atom. The first-order valence-corrected chi connectivity index (χ1v) is 6.35. The molecule has 1 aromatic heterocycles. The van der Waals surface area contributed by atoms with E-state index in [-0.39, 0.29) is 17.5 Å². The molecule has 0 amide bonds. The van der Waals surface area contributed by atoms with Crippen LogP contribution in [-0.2, 0) is 11.2 Å². The highest BCUT2D eigenvalue weighted by molar-refractivity contribution is 7.80. The third-order valence-corrected chi connectivity index (χ3v) is 2.73. The maximum Gasteiger partial charge on any atom is 0.261 e. The molecular weight excluding hydrogens is 282 g/mol. The van der Waals surface area contributed by atoms with Crippen LogP contribution < -0.4 is 5.32 Å². The summed E-state index contributed by atoms with van der Waals surface area (Å²) in [5.74, 6) is -1.44. The fourth-order valence-electron chi connectivity index (χ4n) is 1.55. The van der Waals surface area contributed by atoms with Crippen LogP contribution in [0.3, 0.4) is 0 Å². The van der Waals surface area contributed by atoms with Gasteiger partial charge in [-0.25, -0.2) is 8.78 Å². The van der Waals surface area contributed by atoms with Crippen molar-refractivity contribution < 1.29 is 13.5 Å². The minimum Gasteiger partial charge on any atom is -0.470 e. The third kappa shape index (κ3) is 3.96. The molecule has 0 spiro atoms. The van der Waals surface area contributed by atoms with E-state index in [9.17, 15) is 8.78 Å². The zero-order valence-corrected chi connectivity index (χ0v) is 11.3. The summed E-state index contributed by atoms with van der Waals surface area (Å²) in [4.78, 5) is 4.12. The standard InChI is InChI=1S/C14H12F2N2OS/c15-11-5-3-6-12(16)13(11)18-14(20)19-9-7-10-4-1-2-8-17-10/h1-6,8H,7,9H2,(H,18,20). The number of halogens is 2. The first-order valence-electron chi connectivity index (χ1n) is 5.94. The van der Waals surface area contributed by atoms with Crippen LogP contribution in [0.1, 0.15) is 5.69 Å². The monoisotopic (exact) mass is 294 g/mol. The number of pyridine rings is 1. The Balaban J connectivity index is 1.84. The summed E-state index contributed by atoms with van der Waals surface area (Å²) in [7, 11) is 0. The minimum atomic E-state index is -0.722. The van der Waals surface area contributed by atoms with Gasteiger partial charge in [-0.2, -0.15) is 0 Å². The summed E-state index contributed by atoms with van der Waals surface area (Å²) in [6, 6.07) is 9.10. The average molecular weight is 294 g/mol. The number of hydrogen-bond acceptors (Lipinski definition) is 3. The quantitative estimate of drug-likeness (QED) is 0.877. The maximum atomic E-state index is 13.4. The third-order valence-electron chi connectivity index (χ3n) is 2.51. The molecule has 0 saturated heterocycles. The fourth-order valence-corrected chi connectivity index (χ4v) is 1.74. The Bertz CT molecular complexity index is 573. The van der Waals surface area contributed by atoms with Crippen LogP contribution in [0.25, 0.3) is 0 Å². The second-order valence-electron chi connectivity index (χ2n) is 3.93. The Morgan fingerprint density at radius 2 is 1.90 bits per heavy atom. The lowest BCUT2D eigenvalue weighted by atomic mass is 10.3. The molecule has 6 heteroatoms. The number of benzene rings is 1. The zero-order chi connectivity index (χ0) is 14.4. The molecule has 2 rings (SSSR count). The van der Waals surface area contributed by atoms with Crippen molar-refractivity contribution in [2.45, 2.75) is 6.42 Å². The van der Waals surface area contributed by atoms with Crippen molar-refractivity contribution >= 4 is 23.1 Å². The molecule has 0 radical (unpaired) electrons. The number of hydrogen-bond donors (Lipinski definition) is 1. The molecule has 20 heavy (non-hydrogen) atoms. The lowest BCUT2D eigenvalue weighted by Crippen LogP contribution is -2.17. The van der Waals surface area contributed by atoms with E-state index >= 15 is 0 Å². The molecule has 3 nitrogen and oxygen atoms in total. The molecular formula is C14H12F2N2OS. The molecule has 0 aliphatic heterocycles. The predicted molar refractivity (Wildman–Crippen MR) is 76.5 cm³/mol. The van der Waals surface area contributed by atoms with Crippen LogP contribution in [-0.4, -0.2) is 16.8 Å². The van der Waals surface area contributed by atoms with Gasteiger partial charge >= 0.3 is 0 Å². The average Bonchev–Trinajstić information content (AvgIpc) is 2.44. The van der Waals surface area contributed by atoms with Crippen LogP contribution in [0.2, 0.25) is 0 Å². The molecule has 0 unspecified atom stereocenters. The summed E-state index contributed by atoms with van der Waals surface area (Å²) < 4.78 is 31.9. The Kier molecular flexibility index (Phi) is 4.95. The minimum absolute atomic E-state index is 0.0788. The molecule has 0 saturated carbocycles. The first-order chi connectivity index (χ1) is 9.66. The van der Waals surface area contributed by atoms with E-state index in [1.807, 2.05) is 18.2 Å². The van der Waals surface area contributed by atoms with Crippen molar-refractivity contribution in [3.05, 3.63) is 59.9 Å². The Labute approximate surface area is 120 Å². The summed E-state index contributed by atoms with van der Waals surface area (Å²) in [5, 5.41) is 2.32. The second-order valence-corrected chi connectivity index (χ2v) is 4.30. The number of thiocarbonyl (C=S) groups is 1. The Morgan fingerprint density at radius 1 is 1.15 bits per heavy atom. The van der Waals surface area contributed by atoms with Gasteiger partial charge in [0.1, 0.15) is 17.3 Å². The summed E-state index contributed by atoms with van der Waals surface area (Å²) >= 11 is 4.88. The first kappa shape index (κ1) is 14.3. The van der Waals surface area contributed by atoms with E-state index in [0.29, 0.717) is 6.42 Å². The van der Waals surface area contributed by atoms with Crippen molar-refractivity contribution in [3.63, 3.8) is 0 Å². The van der Waals surface area contributed by atoms with Crippen LogP contribution in [0.5, 0.6) is 0 Å². The van der Waals surface area contributed by atoms with Gasteiger partial charge in [0.15, 0.2) is 0 Å². The molecule has 0 aliphatic rings. The zero-order valence-electron chi connectivity index (χ0n) is 10.5. The van der Waals surface area contributed by atoms with E-state index in [1.165, 1.54) is 6.07 Å². The Hall–Kier alpha value is -2.08. The lowest BCUT2D eigenvalue weighted by molar-refractivity contribution is 0.315. The number of nitrogens with one attached hydrogen (secondary N) is 1. The largest absolute Gasteiger partial charge is 0.470 e. The van der Waals surface area contributed by atoms with Gasteiger partial charge in [0.05, 0.1) is 6.61 Å². The topological polar surface area (TPSA) is 34.1 Å². The summed E-state index contributed by atoms with van der Waals surface area (Å²) in [6.45, 7) is 0.277. The van der Waals surface area contributed by atoms with E-state index in [1.54, 1.807) is 6.20 Å². The van der Waals surface area contributed by atoms with Gasteiger partial charge in [-0.15, -0.1) is 0 Å². The lowest BCUT2D eigenvalue weighted by Gasteiger charge is -2.10. The van der Waals surface area contributed by atoms with Crippen LogP contribution in [0, 0.1) is 11.6 Å². The predicted octanol–water partition coefficient (Wildman–Crippen LogP) is 3.32. The van der Waals surface area contributed by atoms with Gasteiger partial charge in [-0.3, -0.25) is 4.98 Å². The van der Waals surface area contributed by atoms with Gasteiger partial charge in [-0.1, -0.05) is 12.1 Å². The van der Waals surface area contributed by atoms with Crippen molar-refractivity contribution in [1.82, 2.24) is 4.98 Å². The van der Waals surface area contributed by atoms with Crippen molar-refractivity contribution in [3.8, 4) is 0 Å². The number of rotatable bonds is 4. The number of anilines is 1. The van der Waals surface area contributed by atoms with Crippen molar-refractivity contribution in [2.75, 3.05) is 11.9 Å². The van der Waals surface area contributed by atoms with E-state index in [4.69, 9.17) is 17.0 Å².